The minimum Gasteiger partial charge on any atom is -0.356 e. The van der Waals surface area contributed by atoms with Crippen LogP contribution in [0.25, 0.3) is 0 Å². The third kappa shape index (κ3) is 3.91. The second-order valence-electron chi connectivity index (χ2n) is 7.79. The first-order valence-corrected chi connectivity index (χ1v) is 9.66. The summed E-state index contributed by atoms with van der Waals surface area (Å²) in [5.41, 5.74) is 0.780. The number of hydrogen-bond acceptors (Lipinski definition) is 4. The van der Waals surface area contributed by atoms with Gasteiger partial charge in [-0.2, -0.15) is 0 Å². The van der Waals surface area contributed by atoms with Crippen LogP contribution in [0.3, 0.4) is 0 Å². The van der Waals surface area contributed by atoms with Crippen LogP contribution in [0.2, 0.25) is 0 Å². The molecule has 1 saturated carbocycles. The standard InChI is InChI=1S/C20H27N3O3/c24-16-13-26-18(17(21-16)15-7-3-1-4-8-15)19(25)22-20(9-10-20)14-23-11-5-2-6-12-23/h1,3-4,7-8,17-18H,2,5-6,9-14H2,(H,21,24)(H,22,25)/t17-,18+/m1/s1. The van der Waals surface area contributed by atoms with Gasteiger partial charge in [0.2, 0.25) is 5.91 Å². The van der Waals surface area contributed by atoms with Gasteiger partial charge in [-0.3, -0.25) is 9.59 Å². The van der Waals surface area contributed by atoms with E-state index in [4.69, 9.17) is 4.74 Å². The molecule has 1 aromatic carbocycles. The van der Waals surface area contributed by atoms with E-state index in [1.165, 1.54) is 19.3 Å². The van der Waals surface area contributed by atoms with Crippen LogP contribution in [0.1, 0.15) is 43.7 Å². The second kappa shape index (κ2) is 7.37. The highest BCUT2D eigenvalue weighted by atomic mass is 16.5. The number of carbonyl (C=O) groups excluding carboxylic acids is 2. The highest BCUT2D eigenvalue weighted by molar-refractivity contribution is 5.87. The van der Waals surface area contributed by atoms with Gasteiger partial charge < -0.3 is 20.3 Å². The Balaban J connectivity index is 1.43. The van der Waals surface area contributed by atoms with E-state index in [9.17, 15) is 9.59 Å². The summed E-state index contributed by atoms with van der Waals surface area (Å²) in [7, 11) is 0. The van der Waals surface area contributed by atoms with Gasteiger partial charge in [-0.1, -0.05) is 36.8 Å². The van der Waals surface area contributed by atoms with Crippen LogP contribution in [-0.4, -0.2) is 54.6 Å². The first kappa shape index (κ1) is 17.5. The molecule has 6 heteroatoms. The molecule has 4 rings (SSSR count). The lowest BCUT2D eigenvalue weighted by atomic mass is 9.98. The van der Waals surface area contributed by atoms with Crippen molar-refractivity contribution in [1.82, 2.24) is 15.5 Å². The fourth-order valence-corrected chi connectivity index (χ4v) is 4.05. The van der Waals surface area contributed by atoms with Crippen molar-refractivity contribution in [3.8, 4) is 0 Å². The maximum Gasteiger partial charge on any atom is 0.252 e. The van der Waals surface area contributed by atoms with E-state index in [1.54, 1.807) is 0 Å². The molecule has 2 aliphatic heterocycles. The van der Waals surface area contributed by atoms with Gasteiger partial charge in [-0.15, -0.1) is 0 Å². The zero-order valence-corrected chi connectivity index (χ0v) is 15.1. The van der Waals surface area contributed by atoms with Crippen molar-refractivity contribution < 1.29 is 14.3 Å². The summed E-state index contributed by atoms with van der Waals surface area (Å²) >= 11 is 0. The molecule has 0 aromatic heterocycles. The van der Waals surface area contributed by atoms with Crippen molar-refractivity contribution in [2.24, 2.45) is 0 Å². The highest BCUT2D eigenvalue weighted by Crippen LogP contribution is 2.37. The number of piperidine rings is 1. The van der Waals surface area contributed by atoms with Gasteiger partial charge in [0.15, 0.2) is 6.10 Å². The van der Waals surface area contributed by atoms with E-state index in [0.717, 1.165) is 38.0 Å². The van der Waals surface area contributed by atoms with Crippen LogP contribution in [0.15, 0.2) is 30.3 Å². The Morgan fingerprint density at radius 3 is 2.62 bits per heavy atom. The third-order valence-corrected chi connectivity index (χ3v) is 5.65. The number of morpholine rings is 1. The summed E-state index contributed by atoms with van der Waals surface area (Å²) in [5, 5.41) is 6.16. The molecule has 0 spiro atoms. The molecule has 140 valence electrons. The molecule has 2 N–H and O–H groups in total. The summed E-state index contributed by atoms with van der Waals surface area (Å²) in [6.07, 6.45) is 5.16. The molecule has 0 radical (unpaired) electrons. The van der Waals surface area contributed by atoms with Crippen molar-refractivity contribution >= 4 is 11.8 Å². The summed E-state index contributed by atoms with van der Waals surface area (Å²) in [6.45, 7) is 3.11. The molecule has 3 fully saturated rings. The van der Waals surface area contributed by atoms with Crippen LogP contribution >= 0.6 is 0 Å². The summed E-state index contributed by atoms with van der Waals surface area (Å²) in [4.78, 5) is 27.2. The van der Waals surface area contributed by atoms with Crippen LogP contribution in [0.5, 0.6) is 0 Å². The fourth-order valence-electron chi connectivity index (χ4n) is 4.05. The maximum atomic E-state index is 13.0. The van der Waals surface area contributed by atoms with Crippen molar-refractivity contribution in [2.45, 2.75) is 49.8 Å². The van der Waals surface area contributed by atoms with Crippen molar-refractivity contribution in [3.63, 3.8) is 0 Å². The molecule has 2 saturated heterocycles. The molecule has 1 aliphatic carbocycles. The lowest BCUT2D eigenvalue weighted by molar-refractivity contribution is -0.148. The number of amides is 2. The smallest absolute Gasteiger partial charge is 0.252 e. The lowest BCUT2D eigenvalue weighted by Crippen LogP contribution is -2.56. The van der Waals surface area contributed by atoms with Crippen molar-refractivity contribution in [2.75, 3.05) is 26.2 Å². The third-order valence-electron chi connectivity index (χ3n) is 5.65. The number of nitrogens with zero attached hydrogens (tertiary/aromatic N) is 1. The van der Waals surface area contributed by atoms with Gasteiger partial charge >= 0.3 is 0 Å². The predicted octanol–water partition coefficient (Wildman–Crippen LogP) is 1.38. The molecule has 0 bridgehead atoms. The molecule has 6 nitrogen and oxygen atoms in total. The molecule has 3 aliphatic rings. The summed E-state index contributed by atoms with van der Waals surface area (Å²) in [5.74, 6) is -0.300. The molecular formula is C20H27N3O3. The number of likely N-dealkylation sites (tertiary alicyclic amines) is 1. The first-order valence-electron chi connectivity index (χ1n) is 9.66. The SMILES string of the molecule is O=C1CO[C@H](C(=O)NC2(CN3CCCCC3)CC2)[C@@H](c2ccccc2)N1. The van der Waals surface area contributed by atoms with E-state index in [1.807, 2.05) is 30.3 Å². The van der Waals surface area contributed by atoms with E-state index < -0.39 is 12.1 Å². The number of rotatable bonds is 5. The number of ether oxygens (including phenoxy) is 1. The van der Waals surface area contributed by atoms with Crippen LogP contribution in [0, 0.1) is 0 Å². The molecule has 2 atom stereocenters. The van der Waals surface area contributed by atoms with E-state index >= 15 is 0 Å². The first-order chi connectivity index (χ1) is 12.7. The Morgan fingerprint density at radius 2 is 1.92 bits per heavy atom. The topological polar surface area (TPSA) is 70.7 Å². The van der Waals surface area contributed by atoms with Crippen LogP contribution < -0.4 is 10.6 Å². The Bertz CT molecular complexity index is 654. The highest BCUT2D eigenvalue weighted by Gasteiger charge is 2.48. The van der Waals surface area contributed by atoms with Crippen LogP contribution in [0.4, 0.5) is 0 Å². The number of carbonyl (C=O) groups is 2. The second-order valence-corrected chi connectivity index (χ2v) is 7.79. The lowest BCUT2D eigenvalue weighted by Gasteiger charge is -2.35. The number of benzene rings is 1. The zero-order chi connectivity index (χ0) is 18.0. The molecule has 26 heavy (non-hydrogen) atoms. The van der Waals surface area contributed by atoms with Gasteiger partial charge in [0.25, 0.3) is 5.91 Å². The zero-order valence-electron chi connectivity index (χ0n) is 15.1. The van der Waals surface area contributed by atoms with Crippen molar-refractivity contribution in [3.05, 3.63) is 35.9 Å². The molecule has 0 unspecified atom stereocenters. The minimum atomic E-state index is -0.686. The van der Waals surface area contributed by atoms with Gasteiger partial charge in [0, 0.05) is 6.54 Å². The normalized spacial score (nSPS) is 28.2. The molecule has 2 amide bonds. The van der Waals surface area contributed by atoms with Crippen LogP contribution in [-0.2, 0) is 14.3 Å². The molecular weight excluding hydrogens is 330 g/mol. The Kier molecular flexibility index (Phi) is 4.96. The Morgan fingerprint density at radius 1 is 1.19 bits per heavy atom. The maximum absolute atomic E-state index is 13.0. The monoisotopic (exact) mass is 357 g/mol. The Hall–Kier alpha value is -1.92. The van der Waals surface area contributed by atoms with E-state index in [0.29, 0.717) is 0 Å². The van der Waals surface area contributed by atoms with Crippen molar-refractivity contribution in [1.29, 1.82) is 0 Å². The van der Waals surface area contributed by atoms with E-state index in [-0.39, 0.29) is 24.0 Å². The quantitative estimate of drug-likeness (QED) is 0.835. The van der Waals surface area contributed by atoms with Gasteiger partial charge in [0.05, 0.1) is 11.6 Å². The predicted molar refractivity (Wildman–Crippen MR) is 97.5 cm³/mol. The summed E-state index contributed by atoms with van der Waals surface area (Å²) < 4.78 is 5.65. The number of nitrogens with one attached hydrogen (secondary N) is 2. The molecule has 2 heterocycles. The largest absolute Gasteiger partial charge is 0.356 e. The van der Waals surface area contributed by atoms with Gasteiger partial charge in [-0.25, -0.2) is 0 Å². The minimum absolute atomic E-state index is 0.0689. The summed E-state index contributed by atoms with van der Waals surface area (Å²) in [6, 6.07) is 9.12. The van der Waals surface area contributed by atoms with Gasteiger partial charge in [0.1, 0.15) is 6.61 Å². The fraction of sp³-hybridized carbons (Fsp3) is 0.600. The Labute approximate surface area is 154 Å². The molecule has 1 aromatic rings. The average molecular weight is 357 g/mol. The van der Waals surface area contributed by atoms with E-state index in [2.05, 4.69) is 15.5 Å². The number of hydrogen-bond donors (Lipinski definition) is 2. The average Bonchev–Trinajstić information content (AvgIpc) is 3.42. The van der Waals surface area contributed by atoms with Gasteiger partial charge in [-0.05, 0) is 44.3 Å².